The fourth-order valence-corrected chi connectivity index (χ4v) is 2.24. The Bertz CT molecular complexity index is 564. The summed E-state index contributed by atoms with van der Waals surface area (Å²) in [4.78, 5) is 3.36. The van der Waals surface area contributed by atoms with E-state index in [0.717, 1.165) is 12.1 Å². The van der Waals surface area contributed by atoms with Gasteiger partial charge in [-0.3, -0.25) is 0 Å². The van der Waals surface area contributed by atoms with Gasteiger partial charge < -0.3 is 5.73 Å². The molecule has 0 saturated heterocycles. The predicted octanol–water partition coefficient (Wildman–Crippen LogP) is 4.73. The molecular formula is C12H11F7N2S. The summed E-state index contributed by atoms with van der Waals surface area (Å²) in [5.41, 5.74) is 4.76. The fraction of sp³-hybridized carbons (Fsp3) is 0.417. The molecule has 0 unspecified atom stereocenters. The van der Waals surface area contributed by atoms with E-state index in [2.05, 4.69) is 4.99 Å². The van der Waals surface area contributed by atoms with Crippen LogP contribution >= 0.6 is 11.8 Å². The number of nitrogens with zero attached hydrogens (tertiary/aromatic N) is 1. The summed E-state index contributed by atoms with van der Waals surface area (Å²) in [6.07, 6.45) is -10.6. The van der Waals surface area contributed by atoms with Crippen molar-refractivity contribution in [1.29, 1.82) is 0 Å². The minimum absolute atomic E-state index is 0.0669. The van der Waals surface area contributed by atoms with Gasteiger partial charge in [-0.2, -0.15) is 26.3 Å². The normalized spacial score (nSPS) is 13.5. The van der Waals surface area contributed by atoms with E-state index in [9.17, 15) is 30.7 Å². The summed E-state index contributed by atoms with van der Waals surface area (Å²) in [5, 5.41) is 0. The lowest BCUT2D eigenvalue weighted by Gasteiger charge is -2.10. The van der Waals surface area contributed by atoms with Gasteiger partial charge in [0.25, 0.3) is 0 Å². The van der Waals surface area contributed by atoms with Crippen molar-refractivity contribution in [3.63, 3.8) is 0 Å². The van der Waals surface area contributed by atoms with E-state index < -0.39 is 41.9 Å². The first kappa shape index (κ1) is 18.6. The highest BCUT2D eigenvalue weighted by atomic mass is 32.2. The van der Waals surface area contributed by atoms with Crippen LogP contribution in [0.4, 0.5) is 36.4 Å². The summed E-state index contributed by atoms with van der Waals surface area (Å²) in [6.45, 7) is 1.38. The molecule has 0 saturated carbocycles. The molecule has 124 valence electrons. The molecule has 0 aliphatic heterocycles. The fourth-order valence-electron chi connectivity index (χ4n) is 1.44. The Hall–Kier alpha value is -1.45. The number of aryl methyl sites for hydroxylation is 1. The zero-order valence-corrected chi connectivity index (χ0v) is 12.0. The standard InChI is InChI=1S/C12H11F7N2S/c1-6-2-7(13)8(21-10(20)4-11(14,15)16)3-9(6)22-5-12(17,18)19/h2-3H,4-5H2,1H3,(H2,20,21). The zero-order chi connectivity index (χ0) is 17.1. The molecule has 1 rings (SSSR count). The van der Waals surface area contributed by atoms with Crippen molar-refractivity contribution in [2.45, 2.75) is 30.6 Å². The maximum Gasteiger partial charge on any atom is 0.398 e. The monoisotopic (exact) mass is 348 g/mol. The molecular weight excluding hydrogens is 337 g/mol. The Kier molecular flexibility index (Phi) is 5.71. The molecule has 0 atom stereocenters. The smallest absolute Gasteiger partial charge is 0.387 e. The lowest BCUT2D eigenvalue weighted by molar-refractivity contribution is -0.121. The van der Waals surface area contributed by atoms with E-state index in [-0.39, 0.29) is 10.5 Å². The first-order valence-electron chi connectivity index (χ1n) is 5.77. The van der Waals surface area contributed by atoms with Crippen LogP contribution in [0.3, 0.4) is 0 Å². The van der Waals surface area contributed by atoms with Crippen LogP contribution in [0.25, 0.3) is 0 Å². The van der Waals surface area contributed by atoms with Gasteiger partial charge in [0.05, 0.1) is 5.75 Å². The second-order valence-corrected chi connectivity index (χ2v) is 5.39. The maximum absolute atomic E-state index is 13.6. The van der Waals surface area contributed by atoms with Crippen LogP contribution in [-0.4, -0.2) is 23.9 Å². The number of rotatable bonds is 4. The molecule has 0 aliphatic carbocycles. The van der Waals surface area contributed by atoms with Crippen molar-refractivity contribution < 1.29 is 30.7 Å². The molecule has 0 spiro atoms. The molecule has 0 fully saturated rings. The Balaban J connectivity index is 3.03. The van der Waals surface area contributed by atoms with Crippen LogP contribution in [0, 0.1) is 12.7 Å². The number of halogens is 7. The molecule has 1 aromatic carbocycles. The molecule has 22 heavy (non-hydrogen) atoms. The Morgan fingerprint density at radius 2 is 1.73 bits per heavy atom. The number of benzene rings is 1. The number of aliphatic imine (C=N–C) groups is 1. The predicted molar refractivity (Wildman–Crippen MR) is 69.9 cm³/mol. The van der Waals surface area contributed by atoms with Gasteiger partial charge in [0, 0.05) is 4.90 Å². The van der Waals surface area contributed by atoms with E-state index in [0.29, 0.717) is 11.8 Å². The number of thioether (sulfide) groups is 1. The summed E-state index contributed by atoms with van der Waals surface area (Å²) in [7, 11) is 0. The van der Waals surface area contributed by atoms with Gasteiger partial charge in [0.1, 0.15) is 23.8 Å². The number of hydrogen-bond acceptors (Lipinski definition) is 2. The van der Waals surface area contributed by atoms with E-state index in [4.69, 9.17) is 5.73 Å². The number of nitrogens with two attached hydrogens (primary N) is 1. The Morgan fingerprint density at radius 1 is 1.14 bits per heavy atom. The molecule has 0 aromatic heterocycles. The van der Waals surface area contributed by atoms with Crippen LogP contribution in [0.15, 0.2) is 22.0 Å². The first-order valence-corrected chi connectivity index (χ1v) is 6.75. The number of alkyl halides is 6. The van der Waals surface area contributed by atoms with E-state index in [1.807, 2.05) is 0 Å². The summed E-state index contributed by atoms with van der Waals surface area (Å²) in [6, 6.07) is 1.85. The lowest BCUT2D eigenvalue weighted by atomic mass is 10.2. The average molecular weight is 348 g/mol. The Morgan fingerprint density at radius 3 is 2.23 bits per heavy atom. The highest BCUT2D eigenvalue weighted by molar-refractivity contribution is 7.99. The number of amidine groups is 1. The molecule has 10 heteroatoms. The van der Waals surface area contributed by atoms with Crippen molar-refractivity contribution in [2.24, 2.45) is 10.7 Å². The highest BCUT2D eigenvalue weighted by Crippen LogP contribution is 2.33. The molecule has 1 aromatic rings. The minimum Gasteiger partial charge on any atom is -0.387 e. The third kappa shape index (κ3) is 6.54. The van der Waals surface area contributed by atoms with Crippen molar-refractivity contribution in [3.8, 4) is 0 Å². The van der Waals surface area contributed by atoms with Crippen LogP contribution in [0.1, 0.15) is 12.0 Å². The van der Waals surface area contributed by atoms with Gasteiger partial charge >= 0.3 is 12.4 Å². The molecule has 2 N–H and O–H groups in total. The third-order valence-corrected chi connectivity index (χ3v) is 3.50. The van der Waals surface area contributed by atoms with Crippen molar-refractivity contribution in [3.05, 3.63) is 23.5 Å². The molecule has 0 amide bonds. The quantitative estimate of drug-likeness (QED) is 0.370. The maximum atomic E-state index is 13.6. The molecule has 2 nitrogen and oxygen atoms in total. The first-order chi connectivity index (χ1) is 9.87. The second-order valence-electron chi connectivity index (χ2n) is 4.37. The van der Waals surface area contributed by atoms with Gasteiger partial charge in [-0.25, -0.2) is 9.38 Å². The highest BCUT2D eigenvalue weighted by Gasteiger charge is 2.29. The SMILES string of the molecule is Cc1cc(F)c(/N=C(\N)CC(F)(F)F)cc1SCC(F)(F)F. The van der Waals surface area contributed by atoms with Crippen molar-refractivity contribution in [1.82, 2.24) is 0 Å². The van der Waals surface area contributed by atoms with Crippen molar-refractivity contribution >= 4 is 23.3 Å². The molecule has 0 heterocycles. The van der Waals surface area contributed by atoms with Crippen LogP contribution in [0.2, 0.25) is 0 Å². The van der Waals surface area contributed by atoms with Crippen LogP contribution < -0.4 is 5.73 Å². The molecule has 0 aliphatic rings. The van der Waals surface area contributed by atoms with Gasteiger partial charge in [-0.15, -0.1) is 11.8 Å². The zero-order valence-electron chi connectivity index (χ0n) is 11.1. The van der Waals surface area contributed by atoms with Gasteiger partial charge in [0.15, 0.2) is 0 Å². The topological polar surface area (TPSA) is 38.4 Å². The summed E-state index contributed by atoms with van der Waals surface area (Å²) >= 11 is 0.393. The Labute approximate surface area is 125 Å². The van der Waals surface area contributed by atoms with Crippen LogP contribution in [-0.2, 0) is 0 Å². The summed E-state index contributed by atoms with van der Waals surface area (Å²) < 4.78 is 86.5. The summed E-state index contributed by atoms with van der Waals surface area (Å²) in [5.74, 6) is -3.04. The second kappa shape index (κ2) is 6.76. The van der Waals surface area contributed by atoms with Gasteiger partial charge in [-0.05, 0) is 24.6 Å². The number of hydrogen-bond donors (Lipinski definition) is 1. The van der Waals surface area contributed by atoms with Crippen molar-refractivity contribution in [2.75, 3.05) is 5.75 Å². The minimum atomic E-state index is -4.61. The van der Waals surface area contributed by atoms with E-state index >= 15 is 0 Å². The third-order valence-electron chi connectivity index (χ3n) is 2.28. The van der Waals surface area contributed by atoms with Gasteiger partial charge in [-0.1, -0.05) is 0 Å². The van der Waals surface area contributed by atoms with E-state index in [1.54, 1.807) is 0 Å². The average Bonchev–Trinajstić information content (AvgIpc) is 2.27. The largest absolute Gasteiger partial charge is 0.398 e. The molecule has 0 radical (unpaired) electrons. The van der Waals surface area contributed by atoms with Crippen LogP contribution in [0.5, 0.6) is 0 Å². The molecule has 0 bridgehead atoms. The van der Waals surface area contributed by atoms with E-state index in [1.165, 1.54) is 6.92 Å². The van der Waals surface area contributed by atoms with Gasteiger partial charge in [0.2, 0.25) is 0 Å². The lowest BCUT2D eigenvalue weighted by Crippen LogP contribution is -2.21.